The van der Waals surface area contributed by atoms with E-state index >= 15 is 0 Å². The highest BCUT2D eigenvalue weighted by molar-refractivity contribution is 7.14. The van der Waals surface area contributed by atoms with Gasteiger partial charge in [-0.3, -0.25) is 0 Å². The van der Waals surface area contributed by atoms with Gasteiger partial charge in [0.1, 0.15) is 12.1 Å². The fourth-order valence-corrected chi connectivity index (χ4v) is 2.99. The van der Waals surface area contributed by atoms with Crippen LogP contribution in [0.4, 0.5) is 10.9 Å². The third kappa shape index (κ3) is 2.86. The topological polar surface area (TPSA) is 81.4 Å². The van der Waals surface area contributed by atoms with Crippen molar-refractivity contribution in [3.05, 3.63) is 59.9 Å². The highest BCUT2D eigenvalue weighted by atomic mass is 32.1. The minimum atomic E-state index is 0.805. The van der Waals surface area contributed by atoms with Gasteiger partial charge in [-0.2, -0.15) is 0 Å². The molecule has 4 rings (SSSR count). The molecule has 8 heteroatoms. The number of tetrazole rings is 1. The number of nitrogens with zero attached hydrogens (tertiary/aromatic N) is 6. The van der Waals surface area contributed by atoms with E-state index in [4.69, 9.17) is 0 Å². The lowest BCUT2D eigenvalue weighted by molar-refractivity contribution is 0.789. The molecule has 1 aromatic carbocycles. The lowest BCUT2D eigenvalue weighted by Gasteiger charge is -2.04. The van der Waals surface area contributed by atoms with Gasteiger partial charge in [-0.1, -0.05) is 18.2 Å². The molecule has 4 aromatic rings. The number of hydrogen-bond donors (Lipinski definition) is 1. The van der Waals surface area contributed by atoms with Crippen LogP contribution in [0, 0.1) is 6.92 Å². The highest BCUT2D eigenvalue weighted by Gasteiger charge is 2.08. The van der Waals surface area contributed by atoms with Crippen molar-refractivity contribution >= 4 is 22.3 Å². The minimum Gasteiger partial charge on any atom is -0.316 e. The largest absolute Gasteiger partial charge is 0.316 e. The molecule has 0 saturated carbocycles. The van der Waals surface area contributed by atoms with E-state index in [0.29, 0.717) is 0 Å². The molecule has 1 N–H and O–H groups in total. The predicted molar refractivity (Wildman–Crippen MR) is 92.5 cm³/mol. The van der Waals surface area contributed by atoms with Crippen LogP contribution >= 0.6 is 11.3 Å². The van der Waals surface area contributed by atoms with Crippen molar-refractivity contribution in [2.24, 2.45) is 0 Å². The van der Waals surface area contributed by atoms with E-state index in [1.54, 1.807) is 28.5 Å². The standard InChI is InChI=1S/C16H13N7S/c1-11-4-3-7-17-15(11)20-16-19-14(9-24-16)12-5-2-6-13(8-12)23-10-18-21-22-23/h2-10H,1H3,(H,17,19,20). The Hall–Kier alpha value is -3.13. The van der Waals surface area contributed by atoms with Gasteiger partial charge in [-0.15, -0.1) is 16.4 Å². The Labute approximate surface area is 142 Å². The maximum Gasteiger partial charge on any atom is 0.188 e. The maximum absolute atomic E-state index is 4.65. The maximum atomic E-state index is 4.65. The molecule has 0 radical (unpaired) electrons. The van der Waals surface area contributed by atoms with Gasteiger partial charge >= 0.3 is 0 Å². The normalized spacial score (nSPS) is 10.7. The molecule has 0 aliphatic heterocycles. The summed E-state index contributed by atoms with van der Waals surface area (Å²) < 4.78 is 1.62. The second kappa shape index (κ2) is 6.17. The van der Waals surface area contributed by atoms with Crippen LogP contribution in [0.1, 0.15) is 5.56 Å². The molecule has 3 heterocycles. The van der Waals surface area contributed by atoms with Gasteiger partial charge in [0.15, 0.2) is 5.13 Å². The molecular weight excluding hydrogens is 322 g/mol. The fourth-order valence-electron chi connectivity index (χ4n) is 2.27. The van der Waals surface area contributed by atoms with Crippen LogP contribution in [-0.2, 0) is 0 Å². The summed E-state index contributed by atoms with van der Waals surface area (Å²) in [5, 5.41) is 17.3. The van der Waals surface area contributed by atoms with E-state index in [1.165, 1.54) is 0 Å². The van der Waals surface area contributed by atoms with Gasteiger partial charge in [0, 0.05) is 17.1 Å². The summed E-state index contributed by atoms with van der Waals surface area (Å²) in [5.41, 5.74) is 3.87. The number of thiazole rings is 1. The van der Waals surface area contributed by atoms with Crippen molar-refractivity contribution in [3.63, 3.8) is 0 Å². The molecule has 0 saturated heterocycles. The van der Waals surface area contributed by atoms with Gasteiger partial charge in [0.05, 0.1) is 11.4 Å². The fraction of sp³-hybridized carbons (Fsp3) is 0.0625. The lowest BCUT2D eigenvalue weighted by atomic mass is 10.1. The molecule has 0 amide bonds. The Bertz CT molecular complexity index is 962. The molecule has 7 nitrogen and oxygen atoms in total. The molecule has 24 heavy (non-hydrogen) atoms. The molecule has 0 spiro atoms. The zero-order valence-electron chi connectivity index (χ0n) is 12.8. The summed E-state index contributed by atoms with van der Waals surface area (Å²) in [5.74, 6) is 0.820. The second-order valence-corrected chi connectivity index (χ2v) is 5.99. The van der Waals surface area contributed by atoms with Crippen LogP contribution in [-0.4, -0.2) is 30.2 Å². The van der Waals surface area contributed by atoms with Crippen LogP contribution < -0.4 is 5.32 Å². The zero-order chi connectivity index (χ0) is 16.4. The van der Waals surface area contributed by atoms with E-state index in [0.717, 1.165) is 33.5 Å². The van der Waals surface area contributed by atoms with Crippen LogP contribution in [0.3, 0.4) is 0 Å². The summed E-state index contributed by atoms with van der Waals surface area (Å²) in [7, 11) is 0. The number of hydrogen-bond acceptors (Lipinski definition) is 7. The van der Waals surface area contributed by atoms with Crippen LogP contribution in [0.5, 0.6) is 0 Å². The van der Waals surface area contributed by atoms with Gasteiger partial charge in [-0.05, 0) is 41.1 Å². The number of rotatable bonds is 4. The smallest absolute Gasteiger partial charge is 0.188 e. The van der Waals surface area contributed by atoms with Crippen molar-refractivity contribution in [1.29, 1.82) is 0 Å². The lowest BCUT2D eigenvalue weighted by Crippen LogP contribution is -1.96. The number of aryl methyl sites for hydroxylation is 1. The molecule has 0 aliphatic rings. The number of aromatic nitrogens is 6. The van der Waals surface area contributed by atoms with Crippen molar-refractivity contribution in [3.8, 4) is 16.9 Å². The average Bonchev–Trinajstić information content (AvgIpc) is 3.29. The molecule has 0 unspecified atom stereocenters. The van der Waals surface area contributed by atoms with Gasteiger partial charge in [0.25, 0.3) is 0 Å². The molecule has 0 fully saturated rings. The van der Waals surface area contributed by atoms with E-state index < -0.39 is 0 Å². The van der Waals surface area contributed by atoms with Gasteiger partial charge < -0.3 is 5.32 Å². The third-order valence-corrected chi connectivity index (χ3v) is 4.25. The van der Waals surface area contributed by atoms with Crippen molar-refractivity contribution in [1.82, 2.24) is 30.2 Å². The molecule has 3 aromatic heterocycles. The van der Waals surface area contributed by atoms with Crippen molar-refractivity contribution in [2.45, 2.75) is 6.92 Å². The molecule has 0 bridgehead atoms. The molecule has 0 atom stereocenters. The third-order valence-electron chi connectivity index (χ3n) is 3.49. The molecule has 0 aliphatic carbocycles. The average molecular weight is 335 g/mol. The van der Waals surface area contributed by atoms with Crippen LogP contribution in [0.2, 0.25) is 0 Å². The first-order chi connectivity index (χ1) is 11.8. The second-order valence-electron chi connectivity index (χ2n) is 5.14. The Morgan fingerprint density at radius 2 is 2.12 bits per heavy atom. The van der Waals surface area contributed by atoms with Crippen molar-refractivity contribution in [2.75, 3.05) is 5.32 Å². The number of benzene rings is 1. The van der Waals surface area contributed by atoms with E-state index in [9.17, 15) is 0 Å². The summed E-state index contributed by atoms with van der Waals surface area (Å²) in [4.78, 5) is 8.98. The summed E-state index contributed by atoms with van der Waals surface area (Å²) >= 11 is 1.54. The quantitative estimate of drug-likeness (QED) is 0.616. The summed E-state index contributed by atoms with van der Waals surface area (Å²) in [6.07, 6.45) is 3.33. The SMILES string of the molecule is Cc1cccnc1Nc1nc(-c2cccc(-n3cnnn3)c2)cs1. The van der Waals surface area contributed by atoms with E-state index in [2.05, 4.69) is 30.8 Å². The van der Waals surface area contributed by atoms with Crippen molar-refractivity contribution < 1.29 is 0 Å². The number of pyridine rings is 1. The number of anilines is 2. The Morgan fingerprint density at radius 3 is 2.96 bits per heavy atom. The summed E-state index contributed by atoms with van der Waals surface area (Å²) in [6, 6.07) is 11.8. The summed E-state index contributed by atoms with van der Waals surface area (Å²) in [6.45, 7) is 2.01. The van der Waals surface area contributed by atoms with E-state index in [1.807, 2.05) is 48.7 Å². The molecular formula is C16H13N7S. The monoisotopic (exact) mass is 335 g/mol. The highest BCUT2D eigenvalue weighted by Crippen LogP contribution is 2.28. The van der Waals surface area contributed by atoms with E-state index in [-0.39, 0.29) is 0 Å². The molecule has 118 valence electrons. The number of nitrogens with one attached hydrogen (secondary N) is 1. The first-order valence-corrected chi connectivity index (χ1v) is 8.15. The van der Waals surface area contributed by atoms with Gasteiger partial charge in [-0.25, -0.2) is 14.6 Å². The Kier molecular flexibility index (Phi) is 3.72. The Balaban J connectivity index is 1.61. The van der Waals surface area contributed by atoms with Crippen LogP contribution in [0.25, 0.3) is 16.9 Å². The van der Waals surface area contributed by atoms with Gasteiger partial charge in [0.2, 0.25) is 0 Å². The zero-order valence-corrected chi connectivity index (χ0v) is 13.6. The predicted octanol–water partition coefficient (Wildman–Crippen LogP) is 3.23. The first kappa shape index (κ1) is 14.5. The minimum absolute atomic E-state index is 0.805. The Morgan fingerprint density at radius 1 is 1.17 bits per heavy atom. The van der Waals surface area contributed by atoms with Crippen LogP contribution in [0.15, 0.2) is 54.3 Å². The first-order valence-electron chi connectivity index (χ1n) is 7.27.